The Labute approximate surface area is 167 Å². The molecule has 1 aliphatic carbocycles. The fourth-order valence-electron chi connectivity index (χ4n) is 4.20. The molecule has 0 spiro atoms. The number of nitrogens with one attached hydrogen (secondary N) is 2. The molecule has 0 radical (unpaired) electrons. The number of rotatable bonds is 3. The third-order valence-corrected chi connectivity index (χ3v) is 6.08. The third kappa shape index (κ3) is 3.35. The first-order valence-electron chi connectivity index (χ1n) is 9.78. The number of aryl methyl sites for hydroxylation is 1. The number of carbonyl (C=O) groups is 1. The van der Waals surface area contributed by atoms with E-state index in [1.54, 1.807) is 6.07 Å². The molecule has 5 rings (SSSR count). The average molecular weight is 400 g/mol. The maximum absolute atomic E-state index is 12.7. The Hall–Kier alpha value is -2.54. The Morgan fingerprint density at radius 3 is 3.00 bits per heavy atom. The maximum Gasteiger partial charge on any atom is 0.298 e. The lowest BCUT2D eigenvalue weighted by molar-refractivity contribution is -0.126. The van der Waals surface area contributed by atoms with Crippen molar-refractivity contribution in [2.75, 3.05) is 18.0 Å². The molecule has 1 atom stereocenters. The summed E-state index contributed by atoms with van der Waals surface area (Å²) >= 11 is 6.02. The van der Waals surface area contributed by atoms with Gasteiger partial charge in [0.1, 0.15) is 5.52 Å². The van der Waals surface area contributed by atoms with Crippen molar-refractivity contribution in [1.82, 2.24) is 20.5 Å². The van der Waals surface area contributed by atoms with Gasteiger partial charge in [0.15, 0.2) is 5.58 Å². The van der Waals surface area contributed by atoms with E-state index in [-0.39, 0.29) is 17.9 Å². The molecule has 1 amide bonds. The minimum Gasteiger partial charge on any atom is -0.423 e. The van der Waals surface area contributed by atoms with E-state index in [4.69, 9.17) is 16.0 Å². The average Bonchev–Trinajstić information content (AvgIpc) is 3.34. The molecule has 2 N–H and O–H groups in total. The number of anilines is 1. The van der Waals surface area contributed by atoms with Gasteiger partial charge in [0.25, 0.3) is 6.01 Å². The van der Waals surface area contributed by atoms with Gasteiger partial charge >= 0.3 is 0 Å². The van der Waals surface area contributed by atoms with E-state index in [0.29, 0.717) is 16.6 Å². The summed E-state index contributed by atoms with van der Waals surface area (Å²) in [4.78, 5) is 19.4. The van der Waals surface area contributed by atoms with Crippen LogP contribution < -0.4 is 10.2 Å². The summed E-state index contributed by atoms with van der Waals surface area (Å²) in [5, 5.41) is 11.0. The Morgan fingerprint density at radius 1 is 1.29 bits per heavy atom. The van der Waals surface area contributed by atoms with E-state index < -0.39 is 0 Å². The summed E-state index contributed by atoms with van der Waals surface area (Å²) in [6.45, 7) is 1.52. The Balaban J connectivity index is 1.18. The Bertz CT molecular complexity index is 1010. The number of oxazole rings is 1. The van der Waals surface area contributed by atoms with Gasteiger partial charge in [0.05, 0.1) is 6.20 Å². The first-order valence-corrected chi connectivity index (χ1v) is 10.2. The van der Waals surface area contributed by atoms with Crippen LogP contribution in [0.4, 0.5) is 6.01 Å². The van der Waals surface area contributed by atoms with Crippen LogP contribution in [-0.2, 0) is 17.6 Å². The van der Waals surface area contributed by atoms with Crippen LogP contribution >= 0.6 is 11.6 Å². The fourth-order valence-corrected chi connectivity index (χ4v) is 4.37. The van der Waals surface area contributed by atoms with E-state index >= 15 is 0 Å². The number of piperidine rings is 1. The lowest BCUT2D eigenvalue weighted by Crippen LogP contribution is -2.45. The van der Waals surface area contributed by atoms with Gasteiger partial charge in [-0.05, 0) is 43.4 Å². The van der Waals surface area contributed by atoms with Crippen molar-refractivity contribution in [3.63, 3.8) is 0 Å². The predicted octanol–water partition coefficient (Wildman–Crippen LogP) is 3.09. The zero-order chi connectivity index (χ0) is 19.1. The zero-order valence-electron chi connectivity index (χ0n) is 15.4. The smallest absolute Gasteiger partial charge is 0.298 e. The minimum absolute atomic E-state index is 0.0400. The number of hydrogen-bond donors (Lipinski definition) is 2. The SMILES string of the molecule is O=C(NC1CCc2cn[nH]c2C1)C1CCN(c2nc3ccc(Cl)cc3o2)CC1. The second-order valence-electron chi connectivity index (χ2n) is 7.69. The van der Waals surface area contributed by atoms with Gasteiger partial charge in [0, 0.05) is 48.3 Å². The number of aromatic nitrogens is 3. The topological polar surface area (TPSA) is 87.0 Å². The molecule has 0 saturated carbocycles. The second kappa shape index (κ2) is 7.13. The molecule has 7 nitrogen and oxygen atoms in total. The summed E-state index contributed by atoms with van der Waals surface area (Å²) in [6, 6.07) is 6.25. The van der Waals surface area contributed by atoms with Crippen molar-refractivity contribution in [2.45, 2.75) is 38.1 Å². The van der Waals surface area contributed by atoms with Crippen molar-refractivity contribution in [2.24, 2.45) is 5.92 Å². The lowest BCUT2D eigenvalue weighted by atomic mass is 9.91. The van der Waals surface area contributed by atoms with Crippen molar-refractivity contribution >= 4 is 34.6 Å². The molecule has 2 aromatic heterocycles. The molecule has 0 bridgehead atoms. The number of hydrogen-bond acceptors (Lipinski definition) is 5. The first-order chi connectivity index (χ1) is 13.7. The van der Waals surface area contributed by atoms with Gasteiger partial charge in [-0.1, -0.05) is 11.6 Å². The van der Waals surface area contributed by atoms with Crippen LogP contribution in [0.5, 0.6) is 0 Å². The highest BCUT2D eigenvalue weighted by molar-refractivity contribution is 6.31. The second-order valence-corrected chi connectivity index (χ2v) is 8.13. The Kier molecular flexibility index (Phi) is 4.47. The molecule has 1 fully saturated rings. The molecule has 3 heterocycles. The van der Waals surface area contributed by atoms with E-state index in [1.807, 2.05) is 18.3 Å². The van der Waals surface area contributed by atoms with Crippen LogP contribution in [0.15, 0.2) is 28.8 Å². The van der Waals surface area contributed by atoms with Gasteiger partial charge in [-0.15, -0.1) is 0 Å². The molecular weight excluding hydrogens is 378 g/mol. The number of nitrogens with zero attached hydrogens (tertiary/aromatic N) is 3. The fraction of sp³-hybridized carbons (Fsp3) is 0.450. The minimum atomic E-state index is 0.0400. The molecule has 1 aliphatic heterocycles. The van der Waals surface area contributed by atoms with Crippen LogP contribution in [0.2, 0.25) is 5.02 Å². The zero-order valence-corrected chi connectivity index (χ0v) is 16.2. The van der Waals surface area contributed by atoms with Crippen LogP contribution in [0.3, 0.4) is 0 Å². The Morgan fingerprint density at radius 2 is 2.14 bits per heavy atom. The van der Waals surface area contributed by atoms with E-state index in [2.05, 4.69) is 25.4 Å². The van der Waals surface area contributed by atoms with Crippen LogP contribution in [0.25, 0.3) is 11.1 Å². The van der Waals surface area contributed by atoms with Crippen LogP contribution in [-0.4, -0.2) is 40.2 Å². The number of amides is 1. The van der Waals surface area contributed by atoms with Gasteiger partial charge < -0.3 is 14.6 Å². The molecule has 146 valence electrons. The molecule has 3 aromatic rings. The molecule has 1 aromatic carbocycles. The van der Waals surface area contributed by atoms with E-state index in [0.717, 1.165) is 56.4 Å². The van der Waals surface area contributed by atoms with Gasteiger partial charge in [0.2, 0.25) is 5.91 Å². The number of aromatic amines is 1. The van der Waals surface area contributed by atoms with E-state index in [1.165, 1.54) is 5.56 Å². The maximum atomic E-state index is 12.7. The summed E-state index contributed by atoms with van der Waals surface area (Å²) in [5.41, 5.74) is 3.92. The third-order valence-electron chi connectivity index (χ3n) is 5.84. The van der Waals surface area contributed by atoms with Crippen molar-refractivity contribution in [3.05, 3.63) is 40.7 Å². The van der Waals surface area contributed by atoms with Crippen LogP contribution in [0.1, 0.15) is 30.5 Å². The largest absolute Gasteiger partial charge is 0.423 e. The van der Waals surface area contributed by atoms with Crippen molar-refractivity contribution in [1.29, 1.82) is 0 Å². The molecule has 28 heavy (non-hydrogen) atoms. The van der Waals surface area contributed by atoms with E-state index in [9.17, 15) is 4.79 Å². The quantitative estimate of drug-likeness (QED) is 0.706. The number of fused-ring (bicyclic) bond motifs is 2. The number of H-pyrrole nitrogens is 1. The highest BCUT2D eigenvalue weighted by Gasteiger charge is 2.29. The molecule has 2 aliphatic rings. The normalized spacial score (nSPS) is 20.3. The molecule has 1 unspecified atom stereocenters. The summed E-state index contributed by atoms with van der Waals surface area (Å²) in [7, 11) is 0. The summed E-state index contributed by atoms with van der Waals surface area (Å²) < 4.78 is 5.85. The standard InChI is InChI=1S/C20H22ClN5O2/c21-14-2-4-16-18(9-14)28-20(24-16)26-7-5-12(6-8-26)19(27)23-15-3-1-13-11-22-25-17(13)10-15/h2,4,9,11-12,15H,1,3,5-8,10H2,(H,22,25)(H,23,27). The molecule has 1 saturated heterocycles. The summed E-state index contributed by atoms with van der Waals surface area (Å²) in [6.07, 6.45) is 6.27. The highest BCUT2D eigenvalue weighted by atomic mass is 35.5. The number of benzene rings is 1. The lowest BCUT2D eigenvalue weighted by Gasteiger charge is -2.31. The van der Waals surface area contributed by atoms with Gasteiger partial charge in [-0.3, -0.25) is 9.89 Å². The summed E-state index contributed by atoms with van der Waals surface area (Å²) in [5.74, 6) is 0.204. The predicted molar refractivity (Wildman–Crippen MR) is 106 cm³/mol. The number of halogens is 1. The van der Waals surface area contributed by atoms with Gasteiger partial charge in [-0.25, -0.2) is 0 Å². The van der Waals surface area contributed by atoms with Crippen molar-refractivity contribution in [3.8, 4) is 0 Å². The monoisotopic (exact) mass is 399 g/mol. The van der Waals surface area contributed by atoms with Gasteiger partial charge in [-0.2, -0.15) is 10.1 Å². The molecule has 8 heteroatoms. The first kappa shape index (κ1) is 17.6. The van der Waals surface area contributed by atoms with Crippen molar-refractivity contribution < 1.29 is 9.21 Å². The molecular formula is C20H22ClN5O2. The highest BCUT2D eigenvalue weighted by Crippen LogP contribution is 2.28. The number of carbonyl (C=O) groups excluding carboxylic acids is 1. The van der Waals surface area contributed by atoms with Crippen LogP contribution in [0, 0.1) is 5.92 Å².